The molecule has 0 atom stereocenters. The molecule has 0 aliphatic rings. The first kappa shape index (κ1) is 21.7. The molecule has 1 aromatic carbocycles. The average Bonchev–Trinajstić information content (AvgIpc) is 3.03. The lowest BCUT2D eigenvalue weighted by Crippen LogP contribution is -2.26. The van der Waals surface area contributed by atoms with Crippen molar-refractivity contribution in [1.29, 1.82) is 0 Å². The van der Waals surface area contributed by atoms with Gasteiger partial charge in [-0.1, -0.05) is 18.2 Å². The van der Waals surface area contributed by atoms with Crippen molar-refractivity contribution in [2.75, 3.05) is 24.1 Å². The number of hydrogen-bond donors (Lipinski definition) is 3. The van der Waals surface area contributed by atoms with Gasteiger partial charge in [0.15, 0.2) is 5.03 Å². The van der Waals surface area contributed by atoms with Crippen molar-refractivity contribution in [2.45, 2.75) is 32.2 Å². The first-order valence-corrected chi connectivity index (χ1v) is 11.1. The monoisotopic (exact) mass is 429 g/mol. The molecule has 3 rings (SSSR count). The van der Waals surface area contributed by atoms with E-state index >= 15 is 0 Å². The molecule has 160 valence electrons. The van der Waals surface area contributed by atoms with Gasteiger partial charge in [-0.2, -0.15) is 4.98 Å². The van der Waals surface area contributed by atoms with Crippen LogP contribution in [-0.2, 0) is 17.1 Å². The lowest BCUT2D eigenvalue weighted by atomic mass is 10.0. The number of aromatic nitrogens is 4. The second-order valence-corrected chi connectivity index (χ2v) is 8.87. The van der Waals surface area contributed by atoms with Crippen molar-refractivity contribution in [2.24, 2.45) is 7.05 Å². The molecule has 0 saturated carbocycles. The fourth-order valence-corrected chi connectivity index (χ4v) is 4.07. The van der Waals surface area contributed by atoms with Gasteiger partial charge in [0.05, 0.1) is 5.69 Å². The van der Waals surface area contributed by atoms with Crippen LogP contribution in [0.1, 0.15) is 23.4 Å². The minimum atomic E-state index is -3.62. The smallest absolute Gasteiger partial charge is 0.259 e. The number of anilines is 2. The topological polar surface area (TPSA) is 128 Å². The Hall–Kier alpha value is -2.98. The molecular formula is C20H27N7O2S. The van der Waals surface area contributed by atoms with Gasteiger partial charge in [0.25, 0.3) is 10.0 Å². The molecule has 0 radical (unpaired) electrons. The van der Waals surface area contributed by atoms with E-state index in [2.05, 4.69) is 38.0 Å². The van der Waals surface area contributed by atoms with Crippen molar-refractivity contribution in [3.05, 3.63) is 47.4 Å². The number of hydrogen-bond acceptors (Lipinski definition) is 7. The average molecular weight is 430 g/mol. The van der Waals surface area contributed by atoms with E-state index < -0.39 is 10.0 Å². The van der Waals surface area contributed by atoms with Gasteiger partial charge >= 0.3 is 0 Å². The van der Waals surface area contributed by atoms with E-state index in [0.29, 0.717) is 24.6 Å². The number of nitrogens with two attached hydrogens (primary N) is 1. The maximum Gasteiger partial charge on any atom is 0.259 e. The summed E-state index contributed by atoms with van der Waals surface area (Å²) in [5.74, 6) is 1.42. The molecule has 0 spiro atoms. The summed E-state index contributed by atoms with van der Waals surface area (Å²) in [7, 11) is -1.87. The van der Waals surface area contributed by atoms with Gasteiger partial charge in [0, 0.05) is 38.0 Å². The summed E-state index contributed by atoms with van der Waals surface area (Å²) in [5, 5.41) is 3.21. The van der Waals surface area contributed by atoms with Crippen LogP contribution in [0.25, 0.3) is 11.3 Å². The second kappa shape index (κ2) is 8.80. The molecule has 0 aliphatic heterocycles. The van der Waals surface area contributed by atoms with Crippen molar-refractivity contribution in [3.63, 3.8) is 0 Å². The molecule has 0 bridgehead atoms. The molecule has 0 amide bonds. The van der Waals surface area contributed by atoms with Crippen LogP contribution in [0, 0.1) is 20.8 Å². The van der Waals surface area contributed by atoms with E-state index in [1.165, 1.54) is 11.8 Å². The Morgan fingerprint density at radius 2 is 1.87 bits per heavy atom. The third-order valence-corrected chi connectivity index (χ3v) is 6.27. The SMILES string of the molecule is Cc1cccc(-c2cc(NCCCNS(=O)(=O)c3cn(C)c(C)n3)nc(N)n2)c1C. The number of imidazole rings is 1. The molecule has 2 aromatic heterocycles. The van der Waals surface area contributed by atoms with Crippen molar-refractivity contribution >= 4 is 21.8 Å². The Kier molecular flexibility index (Phi) is 6.37. The zero-order valence-electron chi connectivity index (χ0n) is 17.6. The summed E-state index contributed by atoms with van der Waals surface area (Å²) in [6.45, 7) is 6.64. The first-order chi connectivity index (χ1) is 14.2. The molecular weight excluding hydrogens is 402 g/mol. The molecule has 4 N–H and O–H groups in total. The lowest BCUT2D eigenvalue weighted by Gasteiger charge is -2.11. The van der Waals surface area contributed by atoms with E-state index in [4.69, 9.17) is 5.73 Å². The van der Waals surface area contributed by atoms with E-state index in [1.54, 1.807) is 18.5 Å². The second-order valence-electron chi connectivity index (χ2n) is 7.16. The van der Waals surface area contributed by atoms with Gasteiger partial charge in [0.2, 0.25) is 5.95 Å². The van der Waals surface area contributed by atoms with Crippen LogP contribution in [0.15, 0.2) is 35.5 Å². The number of rotatable bonds is 8. The summed E-state index contributed by atoms with van der Waals surface area (Å²) in [4.78, 5) is 12.6. The Labute approximate surface area is 176 Å². The van der Waals surface area contributed by atoms with Gasteiger partial charge in [-0.15, -0.1) is 0 Å². The molecule has 10 heteroatoms. The van der Waals surface area contributed by atoms with E-state index in [1.807, 2.05) is 25.1 Å². The molecule has 0 fully saturated rings. The summed E-state index contributed by atoms with van der Waals surface area (Å²) in [6, 6.07) is 7.88. The van der Waals surface area contributed by atoms with Gasteiger partial charge in [-0.3, -0.25) is 0 Å². The number of aryl methyl sites for hydroxylation is 3. The van der Waals surface area contributed by atoms with E-state index in [0.717, 1.165) is 16.8 Å². The Morgan fingerprint density at radius 3 is 2.57 bits per heavy atom. The fraction of sp³-hybridized carbons (Fsp3) is 0.350. The lowest BCUT2D eigenvalue weighted by molar-refractivity contribution is 0.576. The standard InChI is InChI=1S/C20H27N7O2S/c1-13-7-5-8-16(14(13)2)17-11-18(26-20(21)25-17)22-9-6-10-23-30(28,29)19-12-27(4)15(3)24-19/h5,7-8,11-12,23H,6,9-10H2,1-4H3,(H3,21,22,25,26). The summed E-state index contributed by atoms with van der Waals surface area (Å²) < 4.78 is 28.8. The maximum atomic E-state index is 12.3. The van der Waals surface area contributed by atoms with E-state index in [-0.39, 0.29) is 17.5 Å². The van der Waals surface area contributed by atoms with E-state index in [9.17, 15) is 8.42 Å². The quantitative estimate of drug-likeness (QED) is 0.468. The summed E-state index contributed by atoms with van der Waals surface area (Å²) in [5.41, 5.74) is 9.96. The largest absolute Gasteiger partial charge is 0.370 e. The Balaban J connectivity index is 1.59. The fourth-order valence-electron chi connectivity index (χ4n) is 2.96. The number of nitrogens with one attached hydrogen (secondary N) is 2. The predicted octanol–water partition coefficient (Wildman–Crippen LogP) is 2.17. The Bertz CT molecular complexity index is 1140. The highest BCUT2D eigenvalue weighted by Crippen LogP contribution is 2.26. The van der Waals surface area contributed by atoms with Crippen LogP contribution in [0.5, 0.6) is 0 Å². The van der Waals surface area contributed by atoms with Gasteiger partial charge in [-0.25, -0.2) is 23.1 Å². The van der Waals surface area contributed by atoms with Crippen LogP contribution in [-0.4, -0.2) is 41.0 Å². The first-order valence-electron chi connectivity index (χ1n) is 9.62. The molecule has 30 heavy (non-hydrogen) atoms. The van der Waals surface area contributed by atoms with Crippen molar-refractivity contribution in [1.82, 2.24) is 24.2 Å². The number of nitrogen functional groups attached to an aromatic ring is 1. The number of benzene rings is 1. The van der Waals surface area contributed by atoms with Crippen LogP contribution in [0.4, 0.5) is 11.8 Å². The van der Waals surface area contributed by atoms with Crippen LogP contribution < -0.4 is 15.8 Å². The zero-order chi connectivity index (χ0) is 21.9. The molecule has 2 heterocycles. The van der Waals surface area contributed by atoms with Crippen molar-refractivity contribution < 1.29 is 8.42 Å². The maximum absolute atomic E-state index is 12.3. The van der Waals surface area contributed by atoms with Gasteiger partial charge in [-0.05, 0) is 38.3 Å². The molecule has 0 aliphatic carbocycles. The number of sulfonamides is 1. The normalized spacial score (nSPS) is 11.6. The van der Waals surface area contributed by atoms with Gasteiger partial charge < -0.3 is 15.6 Å². The highest BCUT2D eigenvalue weighted by molar-refractivity contribution is 7.89. The predicted molar refractivity (Wildman–Crippen MR) is 118 cm³/mol. The minimum absolute atomic E-state index is 0.0252. The van der Waals surface area contributed by atoms with Crippen LogP contribution in [0.2, 0.25) is 0 Å². The zero-order valence-corrected chi connectivity index (χ0v) is 18.4. The van der Waals surface area contributed by atoms with Gasteiger partial charge in [0.1, 0.15) is 11.6 Å². The Morgan fingerprint density at radius 1 is 1.10 bits per heavy atom. The highest BCUT2D eigenvalue weighted by atomic mass is 32.2. The molecule has 0 unspecified atom stereocenters. The summed E-state index contributed by atoms with van der Waals surface area (Å²) >= 11 is 0. The van der Waals surface area contributed by atoms with Crippen LogP contribution in [0.3, 0.4) is 0 Å². The summed E-state index contributed by atoms with van der Waals surface area (Å²) in [6.07, 6.45) is 2.06. The molecule has 9 nitrogen and oxygen atoms in total. The number of nitrogens with zero attached hydrogens (tertiary/aromatic N) is 4. The van der Waals surface area contributed by atoms with Crippen molar-refractivity contribution in [3.8, 4) is 11.3 Å². The third kappa shape index (κ3) is 4.95. The molecule has 3 aromatic rings. The third-order valence-electron chi connectivity index (χ3n) is 4.94. The molecule has 0 saturated heterocycles. The minimum Gasteiger partial charge on any atom is -0.370 e. The van der Waals surface area contributed by atoms with Crippen LogP contribution >= 0.6 is 0 Å². The highest BCUT2D eigenvalue weighted by Gasteiger charge is 2.17.